The summed E-state index contributed by atoms with van der Waals surface area (Å²) in [5.41, 5.74) is 3.95. The number of para-hydroxylation sites is 1. The molecule has 0 spiro atoms. The second-order valence-electron chi connectivity index (χ2n) is 6.36. The predicted molar refractivity (Wildman–Crippen MR) is 96.2 cm³/mol. The van der Waals surface area contributed by atoms with Gasteiger partial charge < -0.3 is 4.57 Å². The first-order valence-electron chi connectivity index (χ1n) is 8.34. The Hall–Kier alpha value is -2.35. The van der Waals surface area contributed by atoms with Crippen molar-refractivity contribution in [3.63, 3.8) is 0 Å². The lowest BCUT2D eigenvalue weighted by Crippen LogP contribution is -2.01. The first-order chi connectivity index (χ1) is 11.1. The Kier molecular flexibility index (Phi) is 4.33. The zero-order valence-corrected chi connectivity index (χ0v) is 14.0. The minimum Gasteiger partial charge on any atom is -0.347 e. The summed E-state index contributed by atoms with van der Waals surface area (Å²) in [5, 5.41) is 1.04. The van der Waals surface area contributed by atoms with E-state index in [2.05, 4.69) is 43.5 Å². The standard InChI is InChI=1S/C21H23NO/c1-4-13-22-14-19(18-7-5-6-8-20(18)22)21(23)17-11-9-16(10-12-17)15(2)3/h5-12,14-15H,4,13H2,1-3H3. The Balaban J connectivity index is 2.03. The van der Waals surface area contributed by atoms with Crippen LogP contribution >= 0.6 is 0 Å². The first kappa shape index (κ1) is 15.5. The van der Waals surface area contributed by atoms with Crippen LogP contribution in [0.5, 0.6) is 0 Å². The van der Waals surface area contributed by atoms with Gasteiger partial charge in [-0.3, -0.25) is 4.79 Å². The van der Waals surface area contributed by atoms with Crippen LogP contribution in [0, 0.1) is 0 Å². The van der Waals surface area contributed by atoms with Gasteiger partial charge in [0.15, 0.2) is 5.78 Å². The van der Waals surface area contributed by atoms with E-state index in [1.165, 1.54) is 5.56 Å². The third-order valence-corrected chi connectivity index (χ3v) is 4.34. The molecule has 3 aromatic rings. The van der Waals surface area contributed by atoms with Crippen LogP contribution in [-0.2, 0) is 6.54 Å². The topological polar surface area (TPSA) is 22.0 Å². The Morgan fingerprint density at radius 1 is 1.04 bits per heavy atom. The number of aryl methyl sites for hydroxylation is 1. The molecule has 23 heavy (non-hydrogen) atoms. The third kappa shape index (κ3) is 2.94. The summed E-state index contributed by atoms with van der Waals surface area (Å²) in [6, 6.07) is 16.2. The van der Waals surface area contributed by atoms with Gasteiger partial charge in [0.25, 0.3) is 0 Å². The van der Waals surface area contributed by atoms with Crippen molar-refractivity contribution in [3.05, 3.63) is 71.4 Å². The Bertz CT molecular complexity index is 825. The fourth-order valence-corrected chi connectivity index (χ4v) is 3.03. The largest absolute Gasteiger partial charge is 0.347 e. The Labute approximate surface area is 137 Å². The summed E-state index contributed by atoms with van der Waals surface area (Å²) in [4.78, 5) is 12.9. The van der Waals surface area contributed by atoms with Gasteiger partial charge in [-0.15, -0.1) is 0 Å². The van der Waals surface area contributed by atoms with Crippen LogP contribution in [0.15, 0.2) is 54.7 Å². The molecule has 0 unspecified atom stereocenters. The molecule has 0 fully saturated rings. The van der Waals surface area contributed by atoms with Gasteiger partial charge in [0.05, 0.1) is 0 Å². The summed E-state index contributed by atoms with van der Waals surface area (Å²) in [7, 11) is 0. The maximum absolute atomic E-state index is 12.9. The lowest BCUT2D eigenvalue weighted by Gasteiger charge is -2.06. The van der Waals surface area contributed by atoms with E-state index in [-0.39, 0.29) is 5.78 Å². The quantitative estimate of drug-likeness (QED) is 0.578. The van der Waals surface area contributed by atoms with Gasteiger partial charge in [0.2, 0.25) is 0 Å². The maximum atomic E-state index is 12.9. The second-order valence-corrected chi connectivity index (χ2v) is 6.36. The van der Waals surface area contributed by atoms with Crippen molar-refractivity contribution in [3.8, 4) is 0 Å². The second kappa shape index (κ2) is 6.41. The molecule has 0 aliphatic heterocycles. The predicted octanol–water partition coefficient (Wildman–Crippen LogP) is 5.41. The summed E-state index contributed by atoms with van der Waals surface area (Å²) in [5.74, 6) is 0.581. The van der Waals surface area contributed by atoms with Gasteiger partial charge in [0.1, 0.15) is 0 Å². The minimum absolute atomic E-state index is 0.103. The number of ketones is 1. The fourth-order valence-electron chi connectivity index (χ4n) is 3.03. The molecule has 0 amide bonds. The summed E-state index contributed by atoms with van der Waals surface area (Å²) < 4.78 is 2.19. The van der Waals surface area contributed by atoms with Crippen LogP contribution in [0.3, 0.4) is 0 Å². The molecular weight excluding hydrogens is 282 g/mol. The molecule has 1 aromatic heterocycles. The van der Waals surface area contributed by atoms with E-state index in [1.54, 1.807) is 0 Å². The van der Waals surface area contributed by atoms with Crippen LogP contribution in [0.1, 0.15) is 54.6 Å². The average molecular weight is 305 g/mol. The maximum Gasteiger partial charge on any atom is 0.195 e. The smallest absolute Gasteiger partial charge is 0.195 e. The summed E-state index contributed by atoms with van der Waals surface area (Å²) >= 11 is 0. The number of rotatable bonds is 5. The number of hydrogen-bond donors (Lipinski definition) is 0. The molecule has 0 aliphatic carbocycles. The van der Waals surface area contributed by atoms with Crippen molar-refractivity contribution in [2.45, 2.75) is 39.7 Å². The molecule has 0 saturated heterocycles. The molecular formula is C21H23NO. The minimum atomic E-state index is 0.103. The van der Waals surface area contributed by atoms with Crippen molar-refractivity contribution in [1.29, 1.82) is 0 Å². The van der Waals surface area contributed by atoms with Crippen molar-refractivity contribution in [1.82, 2.24) is 4.57 Å². The van der Waals surface area contributed by atoms with Crippen LogP contribution in [0.25, 0.3) is 10.9 Å². The number of hydrogen-bond acceptors (Lipinski definition) is 1. The molecule has 118 valence electrons. The van der Waals surface area contributed by atoms with Gasteiger partial charge in [-0.1, -0.05) is 63.2 Å². The van der Waals surface area contributed by atoms with Crippen LogP contribution in [0.2, 0.25) is 0 Å². The zero-order valence-electron chi connectivity index (χ0n) is 14.0. The molecule has 3 rings (SSSR count). The third-order valence-electron chi connectivity index (χ3n) is 4.34. The average Bonchev–Trinajstić information content (AvgIpc) is 2.94. The molecule has 0 radical (unpaired) electrons. The van der Waals surface area contributed by atoms with Crippen molar-refractivity contribution in [2.24, 2.45) is 0 Å². The lowest BCUT2D eigenvalue weighted by molar-refractivity contribution is 0.104. The van der Waals surface area contributed by atoms with Gasteiger partial charge in [-0.2, -0.15) is 0 Å². The van der Waals surface area contributed by atoms with E-state index in [0.717, 1.165) is 35.0 Å². The Morgan fingerprint density at radius 3 is 2.39 bits per heavy atom. The molecule has 0 aliphatic rings. The number of nitrogens with zero attached hydrogens (tertiary/aromatic N) is 1. The van der Waals surface area contributed by atoms with Crippen molar-refractivity contribution < 1.29 is 4.79 Å². The summed E-state index contributed by atoms with van der Waals surface area (Å²) in [6.45, 7) is 7.41. The normalized spacial score (nSPS) is 11.3. The van der Waals surface area contributed by atoms with Gasteiger partial charge in [0, 0.05) is 34.8 Å². The van der Waals surface area contributed by atoms with E-state index >= 15 is 0 Å². The van der Waals surface area contributed by atoms with Crippen LogP contribution in [-0.4, -0.2) is 10.4 Å². The van der Waals surface area contributed by atoms with Crippen molar-refractivity contribution >= 4 is 16.7 Å². The lowest BCUT2D eigenvalue weighted by atomic mass is 9.98. The van der Waals surface area contributed by atoms with Crippen LogP contribution < -0.4 is 0 Å². The van der Waals surface area contributed by atoms with E-state index < -0.39 is 0 Å². The van der Waals surface area contributed by atoms with E-state index in [1.807, 2.05) is 36.5 Å². The molecule has 1 heterocycles. The molecule has 0 atom stereocenters. The SMILES string of the molecule is CCCn1cc(C(=O)c2ccc(C(C)C)cc2)c2ccccc21. The molecule has 0 saturated carbocycles. The molecule has 2 nitrogen and oxygen atoms in total. The Morgan fingerprint density at radius 2 is 1.74 bits per heavy atom. The number of aromatic nitrogens is 1. The number of fused-ring (bicyclic) bond motifs is 1. The number of carbonyl (C=O) groups is 1. The molecule has 0 bridgehead atoms. The molecule has 0 N–H and O–H groups in total. The number of carbonyl (C=O) groups excluding carboxylic acids is 1. The monoisotopic (exact) mass is 305 g/mol. The summed E-state index contributed by atoms with van der Waals surface area (Å²) in [6.07, 6.45) is 3.06. The molecule has 2 aromatic carbocycles. The highest BCUT2D eigenvalue weighted by atomic mass is 16.1. The zero-order chi connectivity index (χ0) is 16.4. The first-order valence-corrected chi connectivity index (χ1v) is 8.34. The molecule has 2 heteroatoms. The fraction of sp³-hybridized carbons (Fsp3) is 0.286. The van der Waals surface area contributed by atoms with E-state index in [0.29, 0.717) is 5.92 Å². The van der Waals surface area contributed by atoms with E-state index in [9.17, 15) is 4.79 Å². The van der Waals surface area contributed by atoms with E-state index in [4.69, 9.17) is 0 Å². The highest BCUT2D eigenvalue weighted by Crippen LogP contribution is 2.25. The van der Waals surface area contributed by atoms with Gasteiger partial charge >= 0.3 is 0 Å². The van der Waals surface area contributed by atoms with Crippen LogP contribution in [0.4, 0.5) is 0 Å². The van der Waals surface area contributed by atoms with Crippen molar-refractivity contribution in [2.75, 3.05) is 0 Å². The van der Waals surface area contributed by atoms with Gasteiger partial charge in [-0.05, 0) is 24.0 Å². The number of benzene rings is 2. The van der Waals surface area contributed by atoms with Gasteiger partial charge in [-0.25, -0.2) is 0 Å². The highest BCUT2D eigenvalue weighted by Gasteiger charge is 2.16. The highest BCUT2D eigenvalue weighted by molar-refractivity contribution is 6.16.